The van der Waals surface area contributed by atoms with E-state index in [1.807, 2.05) is 17.0 Å². The molecule has 8 heteroatoms. The van der Waals surface area contributed by atoms with Gasteiger partial charge in [-0.3, -0.25) is 9.59 Å². The summed E-state index contributed by atoms with van der Waals surface area (Å²) in [5.74, 6) is 0.973. The van der Waals surface area contributed by atoms with Crippen molar-refractivity contribution in [3.63, 3.8) is 0 Å². The third kappa shape index (κ3) is 4.21. The second-order valence-electron chi connectivity index (χ2n) is 11.5. The molecule has 2 unspecified atom stereocenters. The van der Waals surface area contributed by atoms with Gasteiger partial charge >= 0.3 is 5.97 Å². The van der Waals surface area contributed by atoms with Crippen LogP contribution in [0.1, 0.15) is 74.6 Å². The lowest BCUT2D eigenvalue weighted by Gasteiger charge is -2.58. The second kappa shape index (κ2) is 8.70. The molecule has 2 heterocycles. The minimum absolute atomic E-state index is 0.0474. The fraction of sp³-hybridized carbons (Fsp3) is 0.731. The summed E-state index contributed by atoms with van der Waals surface area (Å²) in [5.41, 5.74) is 0.135. The number of carboxylic acids is 1. The third-order valence-electron chi connectivity index (χ3n) is 9.07. The van der Waals surface area contributed by atoms with Gasteiger partial charge in [-0.15, -0.1) is 11.8 Å². The van der Waals surface area contributed by atoms with Crippen LogP contribution in [0.2, 0.25) is 0 Å². The summed E-state index contributed by atoms with van der Waals surface area (Å²) >= 11 is 1.72. The molecule has 0 radical (unpaired) electrons. The Morgan fingerprint density at radius 2 is 1.82 bits per heavy atom. The maximum absolute atomic E-state index is 13.6. The summed E-state index contributed by atoms with van der Waals surface area (Å²) in [4.78, 5) is 31.9. The van der Waals surface area contributed by atoms with E-state index < -0.39 is 11.6 Å². The van der Waals surface area contributed by atoms with E-state index in [4.69, 9.17) is 4.98 Å². The monoisotopic (exact) mass is 485 g/mol. The molecular formula is C26H35N3O4S. The van der Waals surface area contributed by atoms with Crippen LogP contribution in [0.4, 0.5) is 5.82 Å². The van der Waals surface area contributed by atoms with Gasteiger partial charge in [-0.2, -0.15) is 0 Å². The van der Waals surface area contributed by atoms with E-state index in [-0.39, 0.29) is 17.9 Å². The largest absolute Gasteiger partial charge is 0.481 e. The van der Waals surface area contributed by atoms with Gasteiger partial charge in [0.2, 0.25) is 0 Å². The molecule has 0 spiro atoms. The summed E-state index contributed by atoms with van der Waals surface area (Å²) in [6, 6.07) is 3.92. The highest BCUT2D eigenvalue weighted by Gasteiger charge is 2.55. The Balaban J connectivity index is 1.22. The van der Waals surface area contributed by atoms with Crippen molar-refractivity contribution in [1.29, 1.82) is 0 Å². The summed E-state index contributed by atoms with van der Waals surface area (Å²) in [6.45, 7) is 1.15. The molecule has 0 aromatic carbocycles. The van der Waals surface area contributed by atoms with Gasteiger partial charge < -0.3 is 20.4 Å². The first-order chi connectivity index (χ1) is 16.4. The van der Waals surface area contributed by atoms with Crippen molar-refractivity contribution in [2.75, 3.05) is 18.0 Å². The van der Waals surface area contributed by atoms with Crippen molar-refractivity contribution in [2.45, 2.75) is 86.1 Å². The van der Waals surface area contributed by atoms with Crippen LogP contribution in [0, 0.1) is 23.7 Å². The van der Waals surface area contributed by atoms with Crippen molar-refractivity contribution in [1.82, 2.24) is 10.3 Å². The number of aliphatic hydroxyl groups is 1. The molecule has 7 rings (SSSR count). The molecule has 34 heavy (non-hydrogen) atoms. The first-order valence-corrected chi connectivity index (χ1v) is 13.9. The maximum atomic E-state index is 13.6. The van der Waals surface area contributed by atoms with E-state index >= 15 is 0 Å². The van der Waals surface area contributed by atoms with Crippen molar-refractivity contribution in [3.05, 3.63) is 17.7 Å². The number of anilines is 1. The number of thioether (sulfide) groups is 1. The van der Waals surface area contributed by atoms with Gasteiger partial charge in [0, 0.05) is 24.4 Å². The number of pyridine rings is 1. The summed E-state index contributed by atoms with van der Waals surface area (Å²) in [7, 11) is 0. The summed E-state index contributed by atoms with van der Waals surface area (Å²) < 4.78 is 0. The van der Waals surface area contributed by atoms with E-state index in [0.29, 0.717) is 48.1 Å². The number of aliphatic carboxylic acids is 1. The van der Waals surface area contributed by atoms with Crippen LogP contribution >= 0.6 is 11.8 Å². The summed E-state index contributed by atoms with van der Waals surface area (Å²) in [6.07, 6.45) is 10.2. The lowest BCUT2D eigenvalue weighted by molar-refractivity contribution is -0.141. The zero-order chi connectivity index (χ0) is 23.4. The van der Waals surface area contributed by atoms with Gasteiger partial charge in [-0.1, -0.05) is 12.8 Å². The second-order valence-corrected chi connectivity index (χ2v) is 12.8. The predicted molar refractivity (Wildman–Crippen MR) is 130 cm³/mol. The van der Waals surface area contributed by atoms with Crippen LogP contribution in [0.15, 0.2) is 17.2 Å². The molecule has 6 fully saturated rings. The number of aromatic nitrogens is 1. The third-order valence-corrected chi connectivity index (χ3v) is 10.4. The van der Waals surface area contributed by atoms with Gasteiger partial charge in [-0.05, 0) is 81.3 Å². The van der Waals surface area contributed by atoms with Crippen molar-refractivity contribution >= 4 is 29.5 Å². The zero-order valence-electron chi connectivity index (χ0n) is 19.6. The Labute approximate surface area is 205 Å². The Morgan fingerprint density at radius 3 is 2.47 bits per heavy atom. The first kappa shape index (κ1) is 22.7. The molecule has 1 aromatic heterocycles. The highest BCUT2D eigenvalue weighted by Crippen LogP contribution is 2.55. The molecule has 6 aliphatic rings. The number of hydrogen-bond acceptors (Lipinski definition) is 6. The molecule has 3 N–H and O–H groups in total. The average molecular weight is 486 g/mol. The van der Waals surface area contributed by atoms with Crippen LogP contribution in [-0.2, 0) is 4.79 Å². The quantitative estimate of drug-likeness (QED) is 0.565. The molecule has 7 nitrogen and oxygen atoms in total. The van der Waals surface area contributed by atoms with Gasteiger partial charge in [0.25, 0.3) is 5.91 Å². The van der Waals surface area contributed by atoms with Crippen LogP contribution in [0.3, 0.4) is 0 Å². The minimum Gasteiger partial charge on any atom is -0.481 e. The maximum Gasteiger partial charge on any atom is 0.308 e. The van der Waals surface area contributed by atoms with Crippen LogP contribution in [-0.4, -0.2) is 57.1 Å². The Hall–Kier alpha value is -1.80. The lowest BCUT2D eigenvalue weighted by atomic mass is 9.52. The number of amides is 1. The number of nitrogens with zero attached hydrogens (tertiary/aromatic N) is 2. The molecule has 3 atom stereocenters. The molecular weight excluding hydrogens is 450 g/mol. The topological polar surface area (TPSA) is 103 Å². The number of rotatable bonds is 6. The SMILES string of the molecule is O=C(N[C@H]1C2CC3CC1C[C@@](O)(C3)C2)c1ccc(N2CC[C@@H](C(=O)O)C2)nc1SC1CCCC1. The molecule has 1 saturated heterocycles. The molecule has 184 valence electrons. The van der Waals surface area contributed by atoms with Crippen LogP contribution in [0.5, 0.6) is 0 Å². The Morgan fingerprint density at radius 1 is 1.09 bits per heavy atom. The predicted octanol–water partition coefficient (Wildman–Crippen LogP) is 3.70. The molecule has 1 aromatic rings. The number of hydrogen-bond donors (Lipinski definition) is 3. The van der Waals surface area contributed by atoms with E-state index in [9.17, 15) is 19.8 Å². The van der Waals surface area contributed by atoms with Crippen molar-refractivity contribution < 1.29 is 19.8 Å². The molecule has 4 bridgehead atoms. The number of carbonyl (C=O) groups excluding carboxylic acids is 1. The first-order valence-electron chi connectivity index (χ1n) is 13.1. The van der Waals surface area contributed by atoms with E-state index in [1.54, 1.807) is 11.8 Å². The van der Waals surface area contributed by atoms with Gasteiger partial charge in [0.05, 0.1) is 17.1 Å². The Bertz CT molecular complexity index is 965. The van der Waals surface area contributed by atoms with Gasteiger partial charge in [0.15, 0.2) is 0 Å². The van der Waals surface area contributed by atoms with Gasteiger partial charge in [-0.25, -0.2) is 4.98 Å². The number of nitrogens with one attached hydrogen (secondary N) is 1. The van der Waals surface area contributed by atoms with E-state index in [2.05, 4.69) is 5.32 Å². The van der Waals surface area contributed by atoms with Crippen molar-refractivity contribution in [2.24, 2.45) is 23.7 Å². The standard InChI is InChI=1S/C26H35N3O4S/c30-23(28-22-17-9-15-10-18(22)13-26(33,11-15)12-17)20-5-6-21(29-8-7-16(14-29)25(31)32)27-24(20)34-19-3-1-2-4-19/h5-6,15-19,22,33H,1-4,7-14H2,(H,28,30)(H,31,32)/t15?,16-,17?,18?,22-,26+/m1/s1. The minimum atomic E-state index is -0.751. The lowest BCUT2D eigenvalue weighted by Crippen LogP contribution is -2.61. The normalized spacial score (nSPS) is 36.9. The fourth-order valence-corrected chi connectivity index (χ4v) is 8.97. The molecule has 5 saturated carbocycles. The van der Waals surface area contributed by atoms with E-state index in [0.717, 1.165) is 55.8 Å². The highest BCUT2D eigenvalue weighted by molar-refractivity contribution is 7.99. The summed E-state index contributed by atoms with van der Waals surface area (Å²) in [5, 5.41) is 24.9. The molecule has 1 amide bonds. The number of carbonyl (C=O) groups is 2. The van der Waals surface area contributed by atoms with Crippen LogP contribution in [0.25, 0.3) is 0 Å². The molecule has 1 aliphatic heterocycles. The fourth-order valence-electron chi connectivity index (χ4n) is 7.65. The highest BCUT2D eigenvalue weighted by atomic mass is 32.2. The van der Waals surface area contributed by atoms with Crippen LogP contribution < -0.4 is 10.2 Å². The van der Waals surface area contributed by atoms with Gasteiger partial charge in [0.1, 0.15) is 10.8 Å². The zero-order valence-corrected chi connectivity index (χ0v) is 20.4. The van der Waals surface area contributed by atoms with Crippen molar-refractivity contribution in [3.8, 4) is 0 Å². The smallest absolute Gasteiger partial charge is 0.308 e. The number of carboxylic acid groups (broad SMARTS) is 1. The average Bonchev–Trinajstić information content (AvgIpc) is 3.47. The van der Waals surface area contributed by atoms with E-state index in [1.165, 1.54) is 12.8 Å². The molecule has 5 aliphatic carbocycles. The Kier molecular flexibility index (Phi) is 5.79.